The summed E-state index contributed by atoms with van der Waals surface area (Å²) in [6.07, 6.45) is 0. The van der Waals surface area contributed by atoms with Gasteiger partial charge in [-0.15, -0.1) is 0 Å². The minimum absolute atomic E-state index is 0.826. The van der Waals surface area contributed by atoms with E-state index < -0.39 is 0 Å². The molecule has 1 heterocycles. The molecule has 0 spiro atoms. The zero-order chi connectivity index (χ0) is 12.0. The van der Waals surface area contributed by atoms with Gasteiger partial charge in [-0.3, -0.25) is 4.90 Å². The highest BCUT2D eigenvalue weighted by atomic mass is 16.5. The molecule has 0 amide bonds. The Kier molecular flexibility index (Phi) is 5.50. The Hall–Kier alpha value is -0.860. The summed E-state index contributed by atoms with van der Waals surface area (Å²) in [6.45, 7) is 10.2. The van der Waals surface area contributed by atoms with Gasteiger partial charge in [-0.05, 0) is 18.1 Å². The van der Waals surface area contributed by atoms with E-state index in [1.54, 1.807) is 7.11 Å². The number of hydrogen-bond acceptors (Lipinski definition) is 2. The van der Waals surface area contributed by atoms with Crippen LogP contribution in [-0.2, 0) is 17.8 Å². The number of fused-ring (bicyclic) bond motifs is 1. The number of benzene rings is 1. The maximum atomic E-state index is 5.08. The molecule has 0 bridgehead atoms. The zero-order valence-corrected chi connectivity index (χ0v) is 10.9. The normalized spacial score (nSPS) is 14.2. The van der Waals surface area contributed by atoms with Gasteiger partial charge in [0.15, 0.2) is 0 Å². The van der Waals surface area contributed by atoms with Crippen molar-refractivity contribution in [3.05, 3.63) is 34.9 Å². The largest absolute Gasteiger partial charge is 0.383 e. The molecule has 1 aliphatic heterocycles. The summed E-state index contributed by atoms with van der Waals surface area (Å²) < 4.78 is 5.08. The first kappa shape index (κ1) is 13.2. The molecule has 0 aromatic heterocycles. The molecule has 0 saturated carbocycles. The van der Waals surface area contributed by atoms with Gasteiger partial charge in [0, 0.05) is 26.7 Å². The lowest BCUT2D eigenvalue weighted by Gasteiger charge is -2.13. The molecule has 2 nitrogen and oxygen atoms in total. The third-order valence-corrected chi connectivity index (χ3v) is 2.76. The summed E-state index contributed by atoms with van der Waals surface area (Å²) >= 11 is 0. The quantitative estimate of drug-likeness (QED) is 0.778. The van der Waals surface area contributed by atoms with E-state index in [9.17, 15) is 0 Å². The molecule has 0 N–H and O–H groups in total. The van der Waals surface area contributed by atoms with Gasteiger partial charge in [0.1, 0.15) is 0 Å². The highest BCUT2D eigenvalue weighted by molar-refractivity contribution is 5.34. The van der Waals surface area contributed by atoms with Crippen molar-refractivity contribution < 1.29 is 4.74 Å². The lowest BCUT2D eigenvalue weighted by molar-refractivity contribution is 0.147. The zero-order valence-electron chi connectivity index (χ0n) is 10.9. The average Bonchev–Trinajstić information content (AvgIpc) is 2.71. The van der Waals surface area contributed by atoms with Crippen LogP contribution in [0.3, 0.4) is 0 Å². The summed E-state index contributed by atoms with van der Waals surface area (Å²) in [5, 5.41) is 0. The van der Waals surface area contributed by atoms with Crippen LogP contribution in [0.5, 0.6) is 0 Å². The van der Waals surface area contributed by atoms with Crippen LogP contribution in [0.2, 0.25) is 0 Å². The Balaban J connectivity index is 0.000000606. The molecule has 90 valence electrons. The number of methoxy groups -OCH3 is 1. The molecule has 1 aliphatic rings. The van der Waals surface area contributed by atoms with Gasteiger partial charge in [0.2, 0.25) is 0 Å². The van der Waals surface area contributed by atoms with Crippen LogP contribution in [0, 0.1) is 6.92 Å². The molecule has 1 aromatic carbocycles. The van der Waals surface area contributed by atoms with Gasteiger partial charge in [-0.25, -0.2) is 0 Å². The molecule has 0 atom stereocenters. The van der Waals surface area contributed by atoms with Gasteiger partial charge in [-0.2, -0.15) is 0 Å². The van der Waals surface area contributed by atoms with E-state index in [0.29, 0.717) is 0 Å². The van der Waals surface area contributed by atoms with E-state index in [-0.39, 0.29) is 0 Å². The Morgan fingerprint density at radius 2 is 1.88 bits per heavy atom. The maximum Gasteiger partial charge on any atom is 0.0589 e. The number of rotatable bonds is 3. The Morgan fingerprint density at radius 1 is 1.19 bits per heavy atom. The summed E-state index contributed by atoms with van der Waals surface area (Å²) in [6, 6.07) is 6.73. The van der Waals surface area contributed by atoms with Crippen LogP contribution in [-0.4, -0.2) is 25.2 Å². The number of aryl methyl sites for hydroxylation is 1. The van der Waals surface area contributed by atoms with E-state index in [1.807, 2.05) is 13.8 Å². The van der Waals surface area contributed by atoms with Gasteiger partial charge in [0.05, 0.1) is 6.61 Å². The van der Waals surface area contributed by atoms with Crippen LogP contribution in [0.15, 0.2) is 18.2 Å². The summed E-state index contributed by atoms with van der Waals surface area (Å²) in [5.41, 5.74) is 4.32. The van der Waals surface area contributed by atoms with Crippen molar-refractivity contribution in [1.82, 2.24) is 4.90 Å². The fourth-order valence-corrected chi connectivity index (χ4v) is 1.97. The number of ether oxygens (including phenoxy) is 1. The Labute approximate surface area is 99.2 Å². The van der Waals surface area contributed by atoms with Crippen LogP contribution in [0.25, 0.3) is 0 Å². The fourth-order valence-electron chi connectivity index (χ4n) is 1.97. The molecule has 1 aromatic rings. The maximum absolute atomic E-state index is 5.08. The molecule has 0 radical (unpaired) electrons. The first-order valence-electron chi connectivity index (χ1n) is 6.09. The lowest BCUT2D eigenvalue weighted by atomic mass is 10.1. The second-order valence-electron chi connectivity index (χ2n) is 3.98. The van der Waals surface area contributed by atoms with Crippen molar-refractivity contribution in [2.75, 3.05) is 20.3 Å². The molecule has 0 unspecified atom stereocenters. The number of nitrogens with zero attached hydrogens (tertiary/aromatic N) is 1. The third kappa shape index (κ3) is 3.32. The average molecular weight is 221 g/mol. The summed E-state index contributed by atoms with van der Waals surface area (Å²) in [5.74, 6) is 0. The molecular weight excluding hydrogens is 198 g/mol. The van der Waals surface area contributed by atoms with Crippen molar-refractivity contribution in [2.24, 2.45) is 0 Å². The highest BCUT2D eigenvalue weighted by Crippen LogP contribution is 2.22. The van der Waals surface area contributed by atoms with Gasteiger partial charge >= 0.3 is 0 Å². The van der Waals surface area contributed by atoms with Crippen LogP contribution in [0.4, 0.5) is 0 Å². The standard InChI is InChI=1S/C12H17NO.C2H6/c1-10-3-4-11-8-13(5-6-14-2)9-12(11)7-10;1-2/h3-4,7H,5-6,8-9H2,1-2H3;1-2H3. The van der Waals surface area contributed by atoms with E-state index in [4.69, 9.17) is 4.74 Å². The molecule has 0 saturated heterocycles. The first-order valence-corrected chi connectivity index (χ1v) is 6.09. The second-order valence-corrected chi connectivity index (χ2v) is 3.98. The van der Waals surface area contributed by atoms with E-state index in [1.165, 1.54) is 16.7 Å². The third-order valence-electron chi connectivity index (χ3n) is 2.76. The lowest BCUT2D eigenvalue weighted by Crippen LogP contribution is -2.21. The van der Waals surface area contributed by atoms with E-state index in [2.05, 4.69) is 30.0 Å². The van der Waals surface area contributed by atoms with Gasteiger partial charge in [-0.1, -0.05) is 37.6 Å². The minimum Gasteiger partial charge on any atom is -0.383 e. The van der Waals surface area contributed by atoms with Gasteiger partial charge < -0.3 is 4.74 Å². The SMILES string of the molecule is CC.COCCN1Cc2ccc(C)cc2C1. The molecule has 0 aliphatic carbocycles. The summed E-state index contributed by atoms with van der Waals surface area (Å²) in [7, 11) is 1.76. The molecule has 16 heavy (non-hydrogen) atoms. The van der Waals surface area contributed by atoms with E-state index >= 15 is 0 Å². The van der Waals surface area contributed by atoms with Crippen LogP contribution in [0.1, 0.15) is 30.5 Å². The molecule has 2 rings (SSSR count). The van der Waals surface area contributed by atoms with Gasteiger partial charge in [0.25, 0.3) is 0 Å². The summed E-state index contributed by atoms with van der Waals surface area (Å²) in [4.78, 5) is 2.42. The van der Waals surface area contributed by atoms with Crippen molar-refractivity contribution in [3.63, 3.8) is 0 Å². The highest BCUT2D eigenvalue weighted by Gasteiger charge is 2.17. The predicted molar refractivity (Wildman–Crippen MR) is 68.5 cm³/mol. The first-order chi connectivity index (χ1) is 7.79. The predicted octanol–water partition coefficient (Wildman–Crippen LogP) is 2.98. The van der Waals surface area contributed by atoms with Crippen LogP contribution < -0.4 is 0 Å². The minimum atomic E-state index is 0.826. The van der Waals surface area contributed by atoms with Crippen LogP contribution >= 0.6 is 0 Å². The monoisotopic (exact) mass is 221 g/mol. The molecular formula is C14H23NO. The van der Waals surface area contributed by atoms with E-state index in [0.717, 1.165) is 26.2 Å². The number of hydrogen-bond donors (Lipinski definition) is 0. The van der Waals surface area contributed by atoms with Crippen molar-refractivity contribution in [2.45, 2.75) is 33.9 Å². The topological polar surface area (TPSA) is 12.5 Å². The van der Waals surface area contributed by atoms with Crippen molar-refractivity contribution in [1.29, 1.82) is 0 Å². The fraction of sp³-hybridized carbons (Fsp3) is 0.571. The smallest absolute Gasteiger partial charge is 0.0589 e. The second kappa shape index (κ2) is 6.66. The Morgan fingerprint density at radius 3 is 2.56 bits per heavy atom. The molecule has 0 fully saturated rings. The van der Waals surface area contributed by atoms with Crippen molar-refractivity contribution >= 4 is 0 Å². The van der Waals surface area contributed by atoms with Crippen molar-refractivity contribution in [3.8, 4) is 0 Å². The Bertz CT molecular complexity index is 323. The molecule has 2 heteroatoms.